The molecular weight excluding hydrogens is 233 g/mol. The van der Waals surface area contributed by atoms with Gasteiger partial charge in [0.05, 0.1) is 13.2 Å². The van der Waals surface area contributed by atoms with Crippen molar-refractivity contribution in [3.05, 3.63) is 23.5 Å². The van der Waals surface area contributed by atoms with Gasteiger partial charge in [-0.25, -0.2) is 4.39 Å². The summed E-state index contributed by atoms with van der Waals surface area (Å²) in [7, 11) is 0. The topological polar surface area (TPSA) is 44.5 Å². The maximum Gasteiger partial charge on any atom is 0.164 e. The summed E-state index contributed by atoms with van der Waals surface area (Å²) in [5.41, 5.74) is 6.35. The van der Waals surface area contributed by atoms with Crippen LogP contribution in [0.25, 0.3) is 0 Å². The third kappa shape index (κ3) is 1.75. The summed E-state index contributed by atoms with van der Waals surface area (Å²) in [6, 6.07) is 3.24. The first-order chi connectivity index (χ1) is 8.75. The summed E-state index contributed by atoms with van der Waals surface area (Å²) in [4.78, 5) is 0. The van der Waals surface area contributed by atoms with E-state index in [1.165, 1.54) is 6.07 Å². The Morgan fingerprint density at radius 3 is 2.33 bits per heavy atom. The highest BCUT2D eigenvalue weighted by molar-refractivity contribution is 5.47. The number of fused-ring (bicyclic) bond motifs is 1. The summed E-state index contributed by atoms with van der Waals surface area (Å²) < 4.78 is 25.3. The van der Waals surface area contributed by atoms with Gasteiger partial charge in [-0.3, -0.25) is 0 Å². The van der Waals surface area contributed by atoms with Crippen LogP contribution in [0.1, 0.15) is 31.2 Å². The predicted octanol–water partition coefficient (Wildman–Crippen LogP) is 2.37. The maximum atomic E-state index is 14.2. The van der Waals surface area contributed by atoms with E-state index in [1.54, 1.807) is 6.07 Å². The maximum absolute atomic E-state index is 14.2. The molecule has 4 heteroatoms. The summed E-state index contributed by atoms with van der Waals surface area (Å²) in [5, 5.41) is 0. The number of halogens is 1. The minimum atomic E-state index is -0.218. The van der Waals surface area contributed by atoms with Crippen molar-refractivity contribution in [2.24, 2.45) is 5.73 Å². The Morgan fingerprint density at radius 1 is 1.11 bits per heavy atom. The number of nitrogens with two attached hydrogens (primary N) is 1. The highest BCUT2D eigenvalue weighted by Crippen LogP contribution is 2.46. The van der Waals surface area contributed by atoms with Crippen LogP contribution in [0.3, 0.4) is 0 Å². The molecule has 1 aliphatic carbocycles. The van der Waals surface area contributed by atoms with Gasteiger partial charge in [-0.1, -0.05) is 6.42 Å². The van der Waals surface area contributed by atoms with Gasteiger partial charge in [-0.05, 0) is 24.5 Å². The lowest BCUT2D eigenvalue weighted by Gasteiger charge is -2.41. The molecule has 98 valence electrons. The average Bonchev–Trinajstić information content (AvgIpc) is 2.53. The molecule has 3 nitrogen and oxygen atoms in total. The fraction of sp³-hybridized carbons (Fsp3) is 0.571. The van der Waals surface area contributed by atoms with Gasteiger partial charge in [0.2, 0.25) is 0 Å². The summed E-state index contributed by atoms with van der Waals surface area (Å²) in [6.07, 6.45) is 3.86. The van der Waals surface area contributed by atoms with E-state index in [1.807, 2.05) is 0 Å². The van der Waals surface area contributed by atoms with Crippen LogP contribution in [-0.2, 0) is 5.41 Å². The lowest BCUT2D eigenvalue weighted by molar-refractivity contribution is 0.242. The largest absolute Gasteiger partial charge is 0.490 e. The Kier molecular flexibility index (Phi) is 2.90. The zero-order chi connectivity index (χ0) is 12.6. The molecule has 18 heavy (non-hydrogen) atoms. The van der Waals surface area contributed by atoms with Crippen molar-refractivity contribution in [3.8, 4) is 11.5 Å². The zero-order valence-corrected chi connectivity index (χ0v) is 10.4. The Morgan fingerprint density at radius 2 is 1.78 bits per heavy atom. The molecule has 3 rings (SSSR count). The smallest absolute Gasteiger partial charge is 0.164 e. The van der Waals surface area contributed by atoms with Crippen molar-refractivity contribution >= 4 is 0 Å². The Hall–Kier alpha value is -1.29. The van der Waals surface area contributed by atoms with E-state index in [9.17, 15) is 4.39 Å². The van der Waals surface area contributed by atoms with Gasteiger partial charge >= 0.3 is 0 Å². The molecule has 2 N–H and O–H groups in total. The summed E-state index contributed by atoms with van der Waals surface area (Å²) in [5.74, 6) is 0.952. The van der Waals surface area contributed by atoms with Gasteiger partial charge in [0, 0.05) is 24.4 Å². The molecule has 1 saturated carbocycles. The van der Waals surface area contributed by atoms with Gasteiger partial charge in [0.15, 0.2) is 11.5 Å². The first-order valence-electron chi connectivity index (χ1n) is 6.55. The second-order valence-electron chi connectivity index (χ2n) is 5.17. The van der Waals surface area contributed by atoms with E-state index in [2.05, 4.69) is 0 Å². The van der Waals surface area contributed by atoms with Crippen LogP contribution in [0.15, 0.2) is 12.1 Å². The number of ether oxygens (including phenoxy) is 2. The molecule has 1 aliphatic heterocycles. The van der Waals surface area contributed by atoms with Crippen molar-refractivity contribution < 1.29 is 13.9 Å². The van der Waals surface area contributed by atoms with Crippen molar-refractivity contribution in [2.45, 2.75) is 31.1 Å². The third-order valence-corrected chi connectivity index (χ3v) is 4.11. The Bertz CT molecular complexity index is 452. The number of rotatable bonds is 2. The van der Waals surface area contributed by atoms with Gasteiger partial charge < -0.3 is 15.2 Å². The molecule has 0 unspecified atom stereocenters. The molecule has 0 radical (unpaired) electrons. The third-order valence-electron chi connectivity index (χ3n) is 4.11. The molecule has 0 saturated heterocycles. The summed E-state index contributed by atoms with van der Waals surface area (Å²) >= 11 is 0. The van der Waals surface area contributed by atoms with E-state index >= 15 is 0 Å². The fourth-order valence-electron chi connectivity index (χ4n) is 2.78. The normalized spacial score (nSPS) is 21.0. The van der Waals surface area contributed by atoms with E-state index < -0.39 is 0 Å². The molecule has 1 aromatic rings. The second-order valence-corrected chi connectivity index (χ2v) is 5.17. The molecule has 0 amide bonds. The molecule has 0 aromatic heterocycles. The molecule has 1 fully saturated rings. The number of hydrogen-bond donors (Lipinski definition) is 1. The van der Waals surface area contributed by atoms with E-state index in [0.29, 0.717) is 36.8 Å². The fourth-order valence-corrected chi connectivity index (χ4v) is 2.78. The highest BCUT2D eigenvalue weighted by atomic mass is 19.1. The number of hydrogen-bond acceptors (Lipinski definition) is 3. The van der Waals surface area contributed by atoms with E-state index in [0.717, 1.165) is 25.7 Å². The van der Waals surface area contributed by atoms with Gasteiger partial charge in [-0.2, -0.15) is 0 Å². The van der Waals surface area contributed by atoms with Crippen molar-refractivity contribution in [1.29, 1.82) is 0 Å². The van der Waals surface area contributed by atoms with Crippen molar-refractivity contribution in [2.75, 3.05) is 19.8 Å². The molecule has 1 heterocycles. The monoisotopic (exact) mass is 251 g/mol. The molecule has 0 spiro atoms. The molecular formula is C14H18FNO2. The lowest BCUT2D eigenvalue weighted by atomic mass is 9.64. The van der Waals surface area contributed by atoms with E-state index in [-0.39, 0.29) is 11.2 Å². The molecule has 0 bridgehead atoms. The molecule has 1 aromatic carbocycles. The van der Waals surface area contributed by atoms with Crippen LogP contribution in [0.5, 0.6) is 11.5 Å². The standard InChI is InChI=1S/C14H18FNO2/c15-11-8-13-12(17-5-2-6-18-13)7-10(11)14(9-16)3-1-4-14/h7-8H,1-6,9,16H2. The minimum absolute atomic E-state index is 0.186. The first-order valence-corrected chi connectivity index (χ1v) is 6.55. The van der Waals surface area contributed by atoms with Crippen LogP contribution in [0.2, 0.25) is 0 Å². The predicted molar refractivity (Wildman–Crippen MR) is 66.6 cm³/mol. The van der Waals surface area contributed by atoms with Crippen LogP contribution in [0, 0.1) is 5.82 Å². The average molecular weight is 251 g/mol. The van der Waals surface area contributed by atoms with Gasteiger partial charge in [0.1, 0.15) is 5.82 Å². The Labute approximate surface area is 106 Å². The quantitative estimate of drug-likeness (QED) is 0.877. The minimum Gasteiger partial charge on any atom is -0.490 e. The van der Waals surface area contributed by atoms with Crippen molar-refractivity contribution in [1.82, 2.24) is 0 Å². The van der Waals surface area contributed by atoms with E-state index in [4.69, 9.17) is 15.2 Å². The second kappa shape index (κ2) is 4.43. The highest BCUT2D eigenvalue weighted by Gasteiger charge is 2.40. The van der Waals surface area contributed by atoms with Crippen LogP contribution < -0.4 is 15.2 Å². The molecule has 2 aliphatic rings. The number of benzene rings is 1. The van der Waals surface area contributed by atoms with Crippen molar-refractivity contribution in [3.63, 3.8) is 0 Å². The van der Waals surface area contributed by atoms with Crippen LogP contribution in [0.4, 0.5) is 4.39 Å². The summed E-state index contributed by atoms with van der Waals surface area (Å²) in [6.45, 7) is 1.69. The van der Waals surface area contributed by atoms with Gasteiger partial charge in [0.25, 0.3) is 0 Å². The molecule has 0 atom stereocenters. The zero-order valence-electron chi connectivity index (χ0n) is 10.4. The van der Waals surface area contributed by atoms with Gasteiger partial charge in [-0.15, -0.1) is 0 Å². The van der Waals surface area contributed by atoms with Crippen LogP contribution in [-0.4, -0.2) is 19.8 Å². The first kappa shape index (κ1) is 11.8. The Balaban J connectivity index is 2.03. The SMILES string of the molecule is NCC1(c2cc3c(cc2F)OCCCO3)CCC1. The lowest BCUT2D eigenvalue weighted by Crippen LogP contribution is -2.42. The van der Waals surface area contributed by atoms with Crippen LogP contribution >= 0.6 is 0 Å².